The molecule has 0 radical (unpaired) electrons. The first-order chi connectivity index (χ1) is 8.40. The summed E-state index contributed by atoms with van der Waals surface area (Å²) in [6.45, 7) is 1.51. The van der Waals surface area contributed by atoms with E-state index in [0.29, 0.717) is 0 Å². The molecule has 0 saturated heterocycles. The van der Waals surface area contributed by atoms with Crippen molar-refractivity contribution in [2.24, 2.45) is 0 Å². The fraction of sp³-hybridized carbons (Fsp3) is 0.538. The third-order valence-electron chi connectivity index (χ3n) is 2.52. The van der Waals surface area contributed by atoms with Gasteiger partial charge >= 0.3 is 0 Å². The van der Waals surface area contributed by atoms with Crippen molar-refractivity contribution in [2.45, 2.75) is 24.2 Å². The van der Waals surface area contributed by atoms with Crippen LogP contribution < -0.4 is 9.47 Å². The largest absolute Gasteiger partial charge is 0.490 e. The zero-order valence-electron chi connectivity index (χ0n) is 9.78. The van der Waals surface area contributed by atoms with E-state index in [1.165, 1.54) is 17.7 Å². The molecule has 0 saturated carbocycles. The summed E-state index contributed by atoms with van der Waals surface area (Å²) in [5.74, 6) is 2.94. The number of fused-ring (bicyclic) bond motifs is 1. The van der Waals surface area contributed by atoms with Crippen LogP contribution >= 0.6 is 27.7 Å². The second kappa shape index (κ2) is 7.17. The third kappa shape index (κ3) is 4.11. The topological polar surface area (TPSA) is 18.5 Å². The number of hydrogen-bond donors (Lipinski definition) is 0. The fourth-order valence-corrected chi connectivity index (χ4v) is 2.96. The van der Waals surface area contributed by atoms with Crippen LogP contribution in [0.1, 0.15) is 19.3 Å². The molecule has 0 aliphatic carbocycles. The monoisotopic (exact) mass is 316 g/mol. The van der Waals surface area contributed by atoms with E-state index in [9.17, 15) is 0 Å². The summed E-state index contributed by atoms with van der Waals surface area (Å²) in [4.78, 5) is 1.27. The second-order valence-electron chi connectivity index (χ2n) is 3.90. The van der Waals surface area contributed by atoms with Gasteiger partial charge in [-0.1, -0.05) is 15.9 Å². The minimum atomic E-state index is 0.755. The second-order valence-corrected chi connectivity index (χ2v) is 5.86. The first-order valence-corrected chi connectivity index (χ1v) is 8.09. The van der Waals surface area contributed by atoms with E-state index in [2.05, 4.69) is 28.1 Å². The van der Waals surface area contributed by atoms with Gasteiger partial charge in [0.2, 0.25) is 0 Å². The molecule has 0 atom stereocenters. The summed E-state index contributed by atoms with van der Waals surface area (Å²) in [7, 11) is 0. The number of thioether (sulfide) groups is 1. The van der Waals surface area contributed by atoms with Gasteiger partial charge in [-0.15, -0.1) is 11.8 Å². The molecule has 0 bridgehead atoms. The van der Waals surface area contributed by atoms with Crippen molar-refractivity contribution in [3.8, 4) is 11.5 Å². The zero-order chi connectivity index (χ0) is 11.9. The Hall–Kier alpha value is -0.350. The van der Waals surface area contributed by atoms with E-state index in [-0.39, 0.29) is 0 Å². The molecule has 4 heteroatoms. The molecule has 0 aromatic heterocycles. The molecule has 17 heavy (non-hydrogen) atoms. The smallest absolute Gasteiger partial charge is 0.162 e. The highest BCUT2D eigenvalue weighted by Crippen LogP contribution is 2.34. The number of alkyl halides is 1. The summed E-state index contributed by atoms with van der Waals surface area (Å²) in [5, 5.41) is 1.09. The molecule has 94 valence electrons. The molecule has 0 spiro atoms. The van der Waals surface area contributed by atoms with Crippen molar-refractivity contribution >= 4 is 27.7 Å². The summed E-state index contributed by atoms with van der Waals surface area (Å²) < 4.78 is 11.3. The third-order valence-corrected chi connectivity index (χ3v) is 4.16. The van der Waals surface area contributed by atoms with Gasteiger partial charge < -0.3 is 9.47 Å². The van der Waals surface area contributed by atoms with E-state index in [1.54, 1.807) is 0 Å². The first kappa shape index (κ1) is 13.1. The number of hydrogen-bond acceptors (Lipinski definition) is 3. The minimum Gasteiger partial charge on any atom is -0.490 e. The van der Waals surface area contributed by atoms with Crippen LogP contribution in [-0.2, 0) is 0 Å². The molecular formula is C13H17BrO2S. The molecule has 1 aromatic carbocycles. The van der Waals surface area contributed by atoms with E-state index in [4.69, 9.17) is 9.47 Å². The average molecular weight is 317 g/mol. The van der Waals surface area contributed by atoms with E-state index < -0.39 is 0 Å². The lowest BCUT2D eigenvalue weighted by atomic mass is 10.3. The number of rotatable bonds is 5. The van der Waals surface area contributed by atoms with Gasteiger partial charge in [-0.2, -0.15) is 0 Å². The molecule has 2 rings (SSSR count). The maximum absolute atomic E-state index is 5.67. The van der Waals surface area contributed by atoms with Gasteiger partial charge in [0.05, 0.1) is 13.2 Å². The summed E-state index contributed by atoms with van der Waals surface area (Å²) in [5.41, 5.74) is 0. The van der Waals surface area contributed by atoms with Gasteiger partial charge in [0, 0.05) is 16.6 Å². The van der Waals surface area contributed by atoms with Gasteiger partial charge in [0.1, 0.15) is 0 Å². The van der Waals surface area contributed by atoms with Crippen LogP contribution in [0.25, 0.3) is 0 Å². The number of ether oxygens (including phenoxy) is 2. The molecule has 0 fully saturated rings. The van der Waals surface area contributed by atoms with Crippen LogP contribution in [0.15, 0.2) is 23.1 Å². The van der Waals surface area contributed by atoms with E-state index in [0.717, 1.165) is 42.2 Å². The highest BCUT2D eigenvalue weighted by molar-refractivity contribution is 9.09. The number of halogens is 1. The standard InChI is InChI=1S/C13H17BrO2S/c14-6-1-2-9-17-11-4-5-12-13(10-11)16-8-3-7-15-12/h4-5,10H,1-3,6-9H2. The number of unbranched alkanes of at least 4 members (excludes halogenated alkanes) is 1. The fourth-order valence-electron chi connectivity index (χ4n) is 1.62. The van der Waals surface area contributed by atoms with Gasteiger partial charge in [-0.05, 0) is 36.8 Å². The summed E-state index contributed by atoms with van der Waals surface area (Å²) in [6, 6.07) is 6.24. The molecule has 2 nitrogen and oxygen atoms in total. The SMILES string of the molecule is BrCCCCSc1ccc2c(c1)OCCCO2. The first-order valence-electron chi connectivity index (χ1n) is 5.98. The molecule has 1 aliphatic heterocycles. The number of benzene rings is 1. The van der Waals surface area contributed by atoms with Crippen LogP contribution in [0.5, 0.6) is 11.5 Å². The normalized spacial score (nSPS) is 14.4. The molecule has 0 N–H and O–H groups in total. The zero-order valence-corrected chi connectivity index (χ0v) is 12.2. The van der Waals surface area contributed by atoms with Gasteiger partial charge in [-0.25, -0.2) is 0 Å². The predicted molar refractivity (Wildman–Crippen MR) is 75.8 cm³/mol. The summed E-state index contributed by atoms with van der Waals surface area (Å²) in [6.07, 6.45) is 3.43. The Balaban J connectivity index is 1.93. The Morgan fingerprint density at radius 1 is 1.12 bits per heavy atom. The molecular weight excluding hydrogens is 300 g/mol. The van der Waals surface area contributed by atoms with Crippen LogP contribution in [0.4, 0.5) is 0 Å². The highest BCUT2D eigenvalue weighted by atomic mass is 79.9. The van der Waals surface area contributed by atoms with Crippen molar-refractivity contribution in [2.75, 3.05) is 24.3 Å². The minimum absolute atomic E-state index is 0.755. The Kier molecular flexibility index (Phi) is 5.52. The van der Waals surface area contributed by atoms with Crippen molar-refractivity contribution in [1.29, 1.82) is 0 Å². The Morgan fingerprint density at radius 2 is 1.94 bits per heavy atom. The van der Waals surface area contributed by atoms with Crippen LogP contribution in [-0.4, -0.2) is 24.3 Å². The Bertz CT molecular complexity index is 357. The average Bonchev–Trinajstić information content (AvgIpc) is 2.59. The molecule has 1 aliphatic rings. The van der Waals surface area contributed by atoms with Crippen molar-refractivity contribution in [3.63, 3.8) is 0 Å². The quantitative estimate of drug-likeness (QED) is 0.462. The van der Waals surface area contributed by atoms with E-state index in [1.807, 2.05) is 17.8 Å². The molecule has 0 unspecified atom stereocenters. The van der Waals surface area contributed by atoms with Gasteiger partial charge in [0.25, 0.3) is 0 Å². The lowest BCUT2D eigenvalue weighted by Crippen LogP contribution is -1.97. The molecule has 0 amide bonds. The van der Waals surface area contributed by atoms with Crippen molar-refractivity contribution in [3.05, 3.63) is 18.2 Å². The maximum atomic E-state index is 5.67. The van der Waals surface area contributed by atoms with Gasteiger partial charge in [0.15, 0.2) is 11.5 Å². The Labute approximate surface area is 115 Å². The van der Waals surface area contributed by atoms with E-state index >= 15 is 0 Å². The van der Waals surface area contributed by atoms with Crippen LogP contribution in [0.2, 0.25) is 0 Å². The van der Waals surface area contributed by atoms with Gasteiger partial charge in [-0.3, -0.25) is 0 Å². The lowest BCUT2D eigenvalue weighted by molar-refractivity contribution is 0.297. The molecule has 1 heterocycles. The predicted octanol–water partition coefficient (Wildman–Crippen LogP) is 4.12. The molecule has 1 aromatic rings. The van der Waals surface area contributed by atoms with Crippen LogP contribution in [0.3, 0.4) is 0 Å². The van der Waals surface area contributed by atoms with Crippen molar-refractivity contribution < 1.29 is 9.47 Å². The lowest BCUT2D eigenvalue weighted by Gasteiger charge is -2.08. The van der Waals surface area contributed by atoms with Crippen LogP contribution in [0, 0.1) is 0 Å². The maximum Gasteiger partial charge on any atom is 0.162 e. The summed E-state index contributed by atoms with van der Waals surface area (Å²) >= 11 is 5.33. The van der Waals surface area contributed by atoms with Crippen molar-refractivity contribution in [1.82, 2.24) is 0 Å². The highest BCUT2D eigenvalue weighted by Gasteiger charge is 2.10. The Morgan fingerprint density at radius 3 is 2.76 bits per heavy atom.